The van der Waals surface area contributed by atoms with Crippen LogP contribution in [0, 0.1) is 5.41 Å². The molecule has 2 aromatic rings. The number of hydrogen-bond acceptors (Lipinski definition) is 4. The minimum absolute atomic E-state index is 0.0403. The molecule has 0 bridgehead atoms. The summed E-state index contributed by atoms with van der Waals surface area (Å²) in [6.45, 7) is 1.54. The van der Waals surface area contributed by atoms with E-state index in [1.807, 2.05) is 0 Å². The second kappa shape index (κ2) is 5.50. The SMILES string of the molecule is CC(=N)c1c(COc2ccc(Cl)cc2Cl)[nH]oc1=O. The molecule has 0 amide bonds. The van der Waals surface area contributed by atoms with Crippen LogP contribution in [0.2, 0.25) is 10.0 Å². The van der Waals surface area contributed by atoms with Crippen LogP contribution in [0.3, 0.4) is 0 Å². The Bertz CT molecular complexity index is 676. The zero-order valence-corrected chi connectivity index (χ0v) is 11.4. The molecule has 100 valence electrons. The largest absolute Gasteiger partial charge is 0.486 e. The van der Waals surface area contributed by atoms with E-state index in [1.54, 1.807) is 18.2 Å². The van der Waals surface area contributed by atoms with Crippen LogP contribution in [0.15, 0.2) is 27.5 Å². The summed E-state index contributed by atoms with van der Waals surface area (Å²) in [6, 6.07) is 4.82. The molecule has 0 fully saturated rings. The van der Waals surface area contributed by atoms with Gasteiger partial charge in [-0.05, 0) is 25.1 Å². The molecule has 0 unspecified atom stereocenters. The summed E-state index contributed by atoms with van der Waals surface area (Å²) in [4.78, 5) is 11.4. The second-order valence-corrected chi connectivity index (χ2v) is 4.68. The van der Waals surface area contributed by atoms with E-state index in [-0.39, 0.29) is 17.9 Å². The fourth-order valence-electron chi connectivity index (χ4n) is 1.56. The Labute approximate surface area is 118 Å². The Hall–Kier alpha value is -1.72. The fourth-order valence-corrected chi connectivity index (χ4v) is 2.02. The van der Waals surface area contributed by atoms with Crippen molar-refractivity contribution in [2.24, 2.45) is 0 Å². The van der Waals surface area contributed by atoms with Crippen molar-refractivity contribution in [3.8, 4) is 5.75 Å². The summed E-state index contributed by atoms with van der Waals surface area (Å²) < 4.78 is 10.1. The summed E-state index contributed by atoms with van der Waals surface area (Å²) in [5.74, 6) is 0.432. The van der Waals surface area contributed by atoms with Crippen molar-refractivity contribution in [2.45, 2.75) is 13.5 Å². The smallest absolute Gasteiger partial charge is 0.366 e. The number of halogens is 2. The van der Waals surface area contributed by atoms with E-state index in [1.165, 1.54) is 6.92 Å². The molecule has 0 spiro atoms. The zero-order valence-electron chi connectivity index (χ0n) is 9.92. The van der Waals surface area contributed by atoms with Gasteiger partial charge in [0.05, 0.1) is 5.02 Å². The van der Waals surface area contributed by atoms with Gasteiger partial charge in [-0.3, -0.25) is 0 Å². The molecule has 2 N–H and O–H groups in total. The van der Waals surface area contributed by atoms with Gasteiger partial charge in [0.1, 0.15) is 23.6 Å². The van der Waals surface area contributed by atoms with Gasteiger partial charge in [-0.25, -0.2) is 9.95 Å². The first-order valence-electron chi connectivity index (χ1n) is 5.32. The van der Waals surface area contributed by atoms with E-state index >= 15 is 0 Å². The first-order valence-corrected chi connectivity index (χ1v) is 6.08. The Morgan fingerprint density at radius 2 is 2.21 bits per heavy atom. The molecule has 0 saturated heterocycles. The lowest BCUT2D eigenvalue weighted by Gasteiger charge is -2.07. The van der Waals surface area contributed by atoms with Gasteiger partial charge in [0.25, 0.3) is 0 Å². The number of hydrogen-bond donors (Lipinski definition) is 2. The topological polar surface area (TPSA) is 79.1 Å². The molecule has 0 saturated carbocycles. The summed E-state index contributed by atoms with van der Waals surface area (Å²) >= 11 is 11.7. The van der Waals surface area contributed by atoms with Gasteiger partial charge < -0.3 is 14.7 Å². The monoisotopic (exact) mass is 300 g/mol. The van der Waals surface area contributed by atoms with Crippen molar-refractivity contribution < 1.29 is 9.26 Å². The van der Waals surface area contributed by atoms with Gasteiger partial charge >= 0.3 is 5.63 Å². The summed E-state index contributed by atoms with van der Waals surface area (Å²) in [5.41, 5.74) is 0.0812. The predicted octanol–water partition coefficient (Wildman–Crippen LogP) is 3.24. The first kappa shape index (κ1) is 13.7. The summed E-state index contributed by atoms with van der Waals surface area (Å²) in [6.07, 6.45) is 0. The van der Waals surface area contributed by atoms with Crippen molar-refractivity contribution in [3.05, 3.63) is 49.9 Å². The van der Waals surface area contributed by atoms with Crippen LogP contribution in [-0.4, -0.2) is 10.9 Å². The highest BCUT2D eigenvalue weighted by Crippen LogP contribution is 2.28. The van der Waals surface area contributed by atoms with Gasteiger partial charge in [-0.2, -0.15) is 0 Å². The Morgan fingerprint density at radius 3 is 2.84 bits per heavy atom. The van der Waals surface area contributed by atoms with Crippen LogP contribution < -0.4 is 10.4 Å². The third-order valence-corrected chi connectivity index (χ3v) is 2.94. The van der Waals surface area contributed by atoms with Gasteiger partial charge in [-0.15, -0.1) is 0 Å². The molecule has 1 aromatic heterocycles. The molecule has 1 heterocycles. The van der Waals surface area contributed by atoms with Crippen LogP contribution in [0.1, 0.15) is 18.2 Å². The lowest BCUT2D eigenvalue weighted by atomic mass is 10.2. The number of rotatable bonds is 4. The Balaban J connectivity index is 2.19. The number of ether oxygens (including phenoxy) is 1. The van der Waals surface area contributed by atoms with E-state index in [0.717, 1.165) is 0 Å². The lowest BCUT2D eigenvalue weighted by Crippen LogP contribution is -2.10. The normalized spacial score (nSPS) is 10.5. The number of H-pyrrole nitrogens is 1. The van der Waals surface area contributed by atoms with Gasteiger partial charge in [0, 0.05) is 10.7 Å². The molecular formula is C12H10Cl2N2O3. The quantitative estimate of drug-likeness (QED) is 0.851. The van der Waals surface area contributed by atoms with E-state index in [0.29, 0.717) is 21.5 Å². The Morgan fingerprint density at radius 1 is 1.47 bits per heavy atom. The van der Waals surface area contributed by atoms with E-state index in [4.69, 9.17) is 33.3 Å². The molecule has 2 rings (SSSR count). The van der Waals surface area contributed by atoms with Crippen LogP contribution >= 0.6 is 23.2 Å². The zero-order chi connectivity index (χ0) is 14.0. The number of benzene rings is 1. The number of aromatic amines is 1. The number of aromatic nitrogens is 1. The molecule has 0 radical (unpaired) electrons. The molecule has 1 aromatic carbocycles. The molecule has 0 aliphatic heterocycles. The highest BCUT2D eigenvalue weighted by molar-refractivity contribution is 6.35. The summed E-state index contributed by atoms with van der Waals surface area (Å²) in [7, 11) is 0. The third-order valence-electron chi connectivity index (χ3n) is 2.41. The minimum atomic E-state index is -0.590. The van der Waals surface area contributed by atoms with E-state index < -0.39 is 5.63 Å². The number of nitrogens with one attached hydrogen (secondary N) is 2. The van der Waals surface area contributed by atoms with Crippen LogP contribution in [0.25, 0.3) is 0 Å². The Kier molecular flexibility index (Phi) is 3.97. The van der Waals surface area contributed by atoms with Crippen molar-refractivity contribution in [1.29, 1.82) is 5.41 Å². The molecule has 0 aliphatic carbocycles. The highest BCUT2D eigenvalue weighted by atomic mass is 35.5. The second-order valence-electron chi connectivity index (χ2n) is 3.83. The van der Waals surface area contributed by atoms with Crippen LogP contribution in [-0.2, 0) is 6.61 Å². The molecular weight excluding hydrogens is 291 g/mol. The van der Waals surface area contributed by atoms with E-state index in [9.17, 15) is 4.79 Å². The maximum atomic E-state index is 11.4. The maximum Gasteiger partial charge on any atom is 0.366 e. The van der Waals surface area contributed by atoms with Crippen molar-refractivity contribution in [2.75, 3.05) is 0 Å². The van der Waals surface area contributed by atoms with Gasteiger partial charge in [0.2, 0.25) is 0 Å². The highest BCUT2D eigenvalue weighted by Gasteiger charge is 2.15. The molecule has 7 heteroatoms. The molecule has 0 atom stereocenters. The fraction of sp³-hybridized carbons (Fsp3) is 0.167. The standard InChI is InChI=1S/C12H10Cl2N2O3/c1-6(15)11-9(16-19-12(11)17)5-18-10-3-2-7(13)4-8(10)14/h2-4,15-16H,5H2,1H3. The molecule has 19 heavy (non-hydrogen) atoms. The van der Waals surface area contributed by atoms with Crippen LogP contribution in [0.4, 0.5) is 0 Å². The minimum Gasteiger partial charge on any atom is -0.486 e. The van der Waals surface area contributed by atoms with Crippen molar-refractivity contribution in [3.63, 3.8) is 0 Å². The average molecular weight is 301 g/mol. The average Bonchev–Trinajstić information content (AvgIpc) is 2.69. The lowest BCUT2D eigenvalue weighted by molar-refractivity contribution is 0.287. The first-order chi connectivity index (χ1) is 8.99. The predicted molar refractivity (Wildman–Crippen MR) is 72.6 cm³/mol. The van der Waals surface area contributed by atoms with Crippen molar-refractivity contribution in [1.82, 2.24) is 5.16 Å². The third kappa shape index (κ3) is 3.00. The van der Waals surface area contributed by atoms with Gasteiger partial charge in [-0.1, -0.05) is 23.2 Å². The molecule has 0 aliphatic rings. The van der Waals surface area contributed by atoms with Gasteiger partial charge in [0.15, 0.2) is 0 Å². The molecule has 5 nitrogen and oxygen atoms in total. The van der Waals surface area contributed by atoms with Crippen LogP contribution in [0.5, 0.6) is 5.75 Å². The van der Waals surface area contributed by atoms with E-state index in [2.05, 4.69) is 9.68 Å². The van der Waals surface area contributed by atoms with Crippen molar-refractivity contribution >= 4 is 28.9 Å². The summed E-state index contributed by atoms with van der Waals surface area (Å²) in [5, 5.41) is 10.8. The maximum absolute atomic E-state index is 11.4.